The van der Waals surface area contributed by atoms with Gasteiger partial charge in [-0.05, 0) is 29.9 Å². The minimum Gasteiger partial charge on any atom is -0.347 e. The third-order valence-corrected chi connectivity index (χ3v) is 6.94. The molecule has 5 nitrogen and oxygen atoms in total. The molecule has 0 saturated heterocycles. The molecule has 1 aliphatic rings. The molecular weight excluding hydrogens is 623 g/mol. The van der Waals surface area contributed by atoms with Crippen LogP contribution in [0, 0.1) is 13.0 Å². The molecule has 187 valence electrons. The Labute approximate surface area is 227 Å². The molecule has 0 saturated carbocycles. The van der Waals surface area contributed by atoms with Crippen molar-refractivity contribution in [2.45, 2.75) is 51.9 Å². The summed E-state index contributed by atoms with van der Waals surface area (Å²) in [5, 5.41) is 0. The molecule has 0 aliphatic heterocycles. The topological polar surface area (TPSA) is 54.8 Å². The fourth-order valence-electron chi connectivity index (χ4n) is 5.43. The molecule has 2 aromatic carbocycles. The van der Waals surface area contributed by atoms with Crippen molar-refractivity contribution in [2.75, 3.05) is 19.0 Å². The van der Waals surface area contributed by atoms with Gasteiger partial charge in [-0.15, -0.1) is 34.9 Å². The van der Waals surface area contributed by atoms with E-state index in [1.165, 1.54) is 11.1 Å². The van der Waals surface area contributed by atoms with Crippen molar-refractivity contribution in [2.24, 2.45) is 0 Å². The van der Waals surface area contributed by atoms with Crippen LogP contribution < -0.4 is 4.90 Å². The second-order valence-corrected chi connectivity index (χ2v) is 11.1. The normalized spacial score (nSPS) is 15.2. The summed E-state index contributed by atoms with van der Waals surface area (Å²) in [6, 6.07) is 20.1. The Morgan fingerprint density at radius 2 is 1.47 bits per heavy atom. The van der Waals surface area contributed by atoms with Gasteiger partial charge < -0.3 is 9.88 Å². The number of anilines is 1. The molecule has 1 aliphatic carbocycles. The molecular formula is C30H32IrN5-. The van der Waals surface area contributed by atoms with E-state index < -0.39 is 0 Å². The van der Waals surface area contributed by atoms with Crippen LogP contribution in [-0.4, -0.2) is 34.0 Å². The van der Waals surface area contributed by atoms with Crippen LogP contribution in [0.3, 0.4) is 0 Å². The molecule has 1 radical (unpaired) electrons. The van der Waals surface area contributed by atoms with Gasteiger partial charge >= 0.3 is 0 Å². The fraction of sp³-hybridized carbons (Fsp3) is 0.333. The average molecular weight is 655 g/mol. The maximum atomic E-state index is 4.87. The van der Waals surface area contributed by atoms with E-state index in [1.807, 2.05) is 55.5 Å². The largest absolute Gasteiger partial charge is 0.347 e. The maximum Gasteiger partial charge on any atom is 0.228 e. The molecule has 0 unspecified atom stereocenters. The first-order valence-corrected chi connectivity index (χ1v) is 12.1. The monoisotopic (exact) mass is 655 g/mol. The molecule has 2 aromatic heterocycles. The summed E-state index contributed by atoms with van der Waals surface area (Å²) >= 11 is 0. The van der Waals surface area contributed by atoms with Crippen molar-refractivity contribution < 1.29 is 20.1 Å². The Morgan fingerprint density at radius 3 is 2.11 bits per heavy atom. The molecule has 4 aromatic rings. The summed E-state index contributed by atoms with van der Waals surface area (Å²) in [7, 11) is 3.87. The first-order valence-electron chi connectivity index (χ1n) is 12.1. The van der Waals surface area contributed by atoms with E-state index in [2.05, 4.69) is 63.9 Å². The van der Waals surface area contributed by atoms with E-state index in [9.17, 15) is 0 Å². The molecule has 6 heteroatoms. The smallest absolute Gasteiger partial charge is 0.228 e. The van der Waals surface area contributed by atoms with E-state index in [0.717, 1.165) is 34.4 Å². The standard InChI is InChI=1S/C30H32N5.Ir/c1-19-15-22(27-32-26(20-11-9-8-10-12-20)33-28(34-27)35(6)7)17-31-25(19)21-13-14-23-24(16-21)30(4,5)18-29(23,2)3;/h8-12,14-17H,18H2,1-7H3;/q-1;. The van der Waals surface area contributed by atoms with Crippen LogP contribution in [0.15, 0.2) is 54.7 Å². The summed E-state index contributed by atoms with van der Waals surface area (Å²) in [6.07, 6.45) is 3.00. The van der Waals surface area contributed by atoms with Gasteiger partial charge in [0.1, 0.15) is 0 Å². The quantitative estimate of drug-likeness (QED) is 0.239. The summed E-state index contributed by atoms with van der Waals surface area (Å²) < 4.78 is 0. The van der Waals surface area contributed by atoms with Gasteiger partial charge in [0.2, 0.25) is 5.95 Å². The number of hydrogen-bond acceptors (Lipinski definition) is 5. The molecule has 0 fully saturated rings. The third kappa shape index (κ3) is 4.72. The van der Waals surface area contributed by atoms with Gasteiger partial charge in [0.25, 0.3) is 0 Å². The Morgan fingerprint density at radius 1 is 0.833 bits per heavy atom. The van der Waals surface area contributed by atoms with Gasteiger partial charge in [-0.25, -0.2) is 4.98 Å². The zero-order valence-electron chi connectivity index (χ0n) is 22.0. The van der Waals surface area contributed by atoms with Crippen molar-refractivity contribution >= 4 is 5.95 Å². The van der Waals surface area contributed by atoms with Crippen LogP contribution in [0.2, 0.25) is 0 Å². The molecule has 2 heterocycles. The summed E-state index contributed by atoms with van der Waals surface area (Å²) in [6.45, 7) is 11.4. The predicted molar refractivity (Wildman–Crippen MR) is 142 cm³/mol. The number of nitrogens with zero attached hydrogens (tertiary/aromatic N) is 5. The van der Waals surface area contributed by atoms with Crippen LogP contribution in [0.1, 0.15) is 50.8 Å². The Hall–Kier alpha value is -2.95. The van der Waals surface area contributed by atoms with Crippen LogP contribution in [-0.2, 0) is 30.9 Å². The summed E-state index contributed by atoms with van der Waals surface area (Å²) in [4.78, 5) is 20.9. The first kappa shape index (κ1) is 26.1. The van der Waals surface area contributed by atoms with Gasteiger partial charge in [-0.1, -0.05) is 69.7 Å². The van der Waals surface area contributed by atoms with Crippen molar-refractivity contribution in [3.05, 3.63) is 77.5 Å². The Bertz CT molecular complexity index is 1410. The zero-order valence-corrected chi connectivity index (χ0v) is 24.4. The average Bonchev–Trinajstić information content (AvgIpc) is 3.02. The SMILES string of the molecule is Cc1cc(-c2nc(-c3ccccc3)nc(N(C)C)n2)cnc1-c1[c-]cc2c(c1)C(C)(C)CC2(C)C.[Ir]. The fourth-order valence-corrected chi connectivity index (χ4v) is 5.43. The first-order chi connectivity index (χ1) is 16.5. The number of aromatic nitrogens is 4. The number of pyridine rings is 1. The van der Waals surface area contributed by atoms with Crippen molar-refractivity contribution in [1.82, 2.24) is 19.9 Å². The van der Waals surface area contributed by atoms with E-state index in [-0.39, 0.29) is 30.9 Å². The predicted octanol–water partition coefficient (Wildman–Crippen LogP) is 6.40. The summed E-state index contributed by atoms with van der Waals surface area (Å²) in [5.74, 6) is 1.88. The third-order valence-electron chi connectivity index (χ3n) is 6.94. The number of hydrogen-bond donors (Lipinski definition) is 0. The molecule has 0 bridgehead atoms. The molecule has 0 amide bonds. The number of benzene rings is 2. The van der Waals surface area contributed by atoms with E-state index in [4.69, 9.17) is 15.0 Å². The van der Waals surface area contributed by atoms with Crippen LogP contribution in [0.5, 0.6) is 0 Å². The molecule has 0 N–H and O–H groups in total. The van der Waals surface area contributed by atoms with E-state index in [0.29, 0.717) is 17.6 Å². The molecule has 5 rings (SSSR count). The van der Waals surface area contributed by atoms with Gasteiger partial charge in [0.05, 0.1) is 0 Å². The molecule has 36 heavy (non-hydrogen) atoms. The maximum absolute atomic E-state index is 4.87. The van der Waals surface area contributed by atoms with Crippen LogP contribution in [0.4, 0.5) is 5.95 Å². The minimum absolute atomic E-state index is 0. The van der Waals surface area contributed by atoms with Gasteiger partial charge in [0.15, 0.2) is 11.6 Å². The molecule has 0 spiro atoms. The number of fused-ring (bicyclic) bond motifs is 1. The minimum atomic E-state index is 0. The van der Waals surface area contributed by atoms with Crippen molar-refractivity contribution in [3.8, 4) is 34.0 Å². The van der Waals surface area contributed by atoms with E-state index >= 15 is 0 Å². The second kappa shape index (κ2) is 9.49. The van der Waals surface area contributed by atoms with E-state index in [1.54, 1.807) is 0 Å². The Balaban J connectivity index is 0.00000304. The van der Waals surface area contributed by atoms with Crippen molar-refractivity contribution in [1.29, 1.82) is 0 Å². The second-order valence-electron chi connectivity index (χ2n) is 11.1. The summed E-state index contributed by atoms with van der Waals surface area (Å²) in [5.41, 5.74) is 7.99. The van der Waals surface area contributed by atoms with Crippen LogP contribution in [0.25, 0.3) is 34.0 Å². The van der Waals surface area contributed by atoms with Gasteiger partial charge in [-0.3, -0.25) is 0 Å². The number of rotatable bonds is 4. The van der Waals surface area contributed by atoms with Crippen molar-refractivity contribution in [3.63, 3.8) is 0 Å². The zero-order chi connectivity index (χ0) is 25.0. The number of aryl methyl sites for hydroxylation is 1. The molecule has 0 atom stereocenters. The van der Waals surface area contributed by atoms with Gasteiger partial charge in [-0.2, -0.15) is 9.97 Å². The van der Waals surface area contributed by atoms with Crippen LogP contribution >= 0.6 is 0 Å². The van der Waals surface area contributed by atoms with Gasteiger partial charge in [0, 0.05) is 51.5 Å². The Kier molecular flexibility index (Phi) is 6.89.